The summed E-state index contributed by atoms with van der Waals surface area (Å²) in [5.74, 6) is -1.60. The fraction of sp³-hybridized carbons (Fsp3) is 0.591. The molecule has 0 aromatic heterocycles. The summed E-state index contributed by atoms with van der Waals surface area (Å²) in [5.41, 5.74) is 0.479. The number of halogens is 3. The molecule has 38 heavy (non-hydrogen) atoms. The molecule has 1 aromatic rings. The zero-order chi connectivity index (χ0) is 29.2. The predicted octanol–water partition coefficient (Wildman–Crippen LogP) is -1.11. The summed E-state index contributed by atoms with van der Waals surface area (Å²) in [6.07, 6.45) is -2.18. The maximum Gasteiger partial charge on any atom is 0.255 e. The minimum atomic E-state index is -1.16. The summed E-state index contributed by atoms with van der Waals surface area (Å²) in [5, 5.41) is 52.9. The van der Waals surface area contributed by atoms with E-state index in [1.807, 2.05) is 67.8 Å². The van der Waals surface area contributed by atoms with Gasteiger partial charge in [-0.3, -0.25) is 19.3 Å². The lowest BCUT2D eigenvalue weighted by atomic mass is 10.1. The van der Waals surface area contributed by atoms with Crippen LogP contribution in [0.25, 0.3) is 0 Å². The average molecular weight is 878 g/mol. The van der Waals surface area contributed by atoms with Gasteiger partial charge in [-0.25, -0.2) is 0 Å². The van der Waals surface area contributed by atoms with Gasteiger partial charge in [0, 0.05) is 43.4 Å². The molecule has 3 atom stereocenters. The van der Waals surface area contributed by atoms with Crippen molar-refractivity contribution in [1.82, 2.24) is 15.1 Å². The number of carbonyl (C=O) groups excluding carboxylic acids is 3. The lowest BCUT2D eigenvalue weighted by Crippen LogP contribution is -2.47. The van der Waals surface area contributed by atoms with E-state index in [-0.39, 0.29) is 49.7 Å². The van der Waals surface area contributed by atoms with Gasteiger partial charge in [0.15, 0.2) is 0 Å². The molecule has 1 rings (SSSR count). The van der Waals surface area contributed by atoms with Crippen molar-refractivity contribution in [3.8, 4) is 0 Å². The van der Waals surface area contributed by atoms with Crippen LogP contribution >= 0.6 is 67.8 Å². The van der Waals surface area contributed by atoms with E-state index in [1.54, 1.807) is 11.9 Å². The van der Waals surface area contributed by atoms with Crippen LogP contribution in [0.4, 0.5) is 5.69 Å². The SMILES string of the molecule is COCC(=O)Nc1c(I)c(C(=O)NCC(CO)N(C)CC(O)CO)c(I)c(C(=O)N(C)CC(O)CO)c1I. The second-order valence-electron chi connectivity index (χ2n) is 8.39. The number of amides is 3. The minimum absolute atomic E-state index is 0.0145. The lowest BCUT2D eigenvalue weighted by Gasteiger charge is -2.28. The van der Waals surface area contributed by atoms with Crippen LogP contribution < -0.4 is 10.6 Å². The molecule has 0 spiro atoms. The quantitative estimate of drug-likeness (QED) is 0.106. The van der Waals surface area contributed by atoms with Gasteiger partial charge in [0.2, 0.25) is 5.91 Å². The van der Waals surface area contributed by atoms with Gasteiger partial charge in [0.1, 0.15) is 6.61 Å². The Morgan fingerprint density at radius 2 is 1.45 bits per heavy atom. The van der Waals surface area contributed by atoms with Crippen molar-refractivity contribution in [2.45, 2.75) is 18.2 Å². The van der Waals surface area contributed by atoms with Gasteiger partial charge in [-0.15, -0.1) is 0 Å². The number of methoxy groups -OCH3 is 1. The standard InChI is InChI=1S/C22H33I3N4O9/c1-28(5-12(33)8-31)11(7-30)4-26-21(36)15-17(23)16(22(37)29(2)6-13(34)9-32)19(25)20(18(15)24)27-14(35)10-38-3/h11-13,30-34H,4-10H2,1-3H3,(H,26,36)(H,27,35). The molecule has 3 amide bonds. The zero-order valence-electron chi connectivity index (χ0n) is 21.1. The van der Waals surface area contributed by atoms with E-state index in [0.29, 0.717) is 10.7 Å². The molecule has 216 valence electrons. The number of anilines is 1. The van der Waals surface area contributed by atoms with E-state index in [0.717, 1.165) is 0 Å². The number of likely N-dealkylation sites (N-methyl/N-ethyl adjacent to an activating group) is 2. The predicted molar refractivity (Wildman–Crippen MR) is 164 cm³/mol. The van der Waals surface area contributed by atoms with E-state index in [9.17, 15) is 29.7 Å². The highest BCUT2D eigenvalue weighted by atomic mass is 127. The van der Waals surface area contributed by atoms with Crippen molar-refractivity contribution in [2.75, 3.05) is 72.6 Å². The number of nitrogens with one attached hydrogen (secondary N) is 2. The molecule has 13 nitrogen and oxygen atoms in total. The molecule has 0 aliphatic carbocycles. The van der Waals surface area contributed by atoms with Crippen LogP contribution in [0.2, 0.25) is 0 Å². The average Bonchev–Trinajstić information content (AvgIpc) is 2.86. The smallest absolute Gasteiger partial charge is 0.255 e. The molecule has 16 heteroatoms. The molecular weight excluding hydrogens is 845 g/mol. The Balaban J connectivity index is 3.48. The summed E-state index contributed by atoms with van der Waals surface area (Å²) in [6.45, 7) is -1.70. The first-order valence-electron chi connectivity index (χ1n) is 11.3. The molecule has 0 aliphatic heterocycles. The van der Waals surface area contributed by atoms with E-state index in [2.05, 4.69) is 10.6 Å². The van der Waals surface area contributed by atoms with Crippen molar-refractivity contribution in [1.29, 1.82) is 0 Å². The van der Waals surface area contributed by atoms with Gasteiger partial charge < -0.3 is 45.8 Å². The van der Waals surface area contributed by atoms with Crippen LogP contribution in [0.5, 0.6) is 0 Å². The van der Waals surface area contributed by atoms with Crippen molar-refractivity contribution >= 4 is 91.2 Å². The Morgan fingerprint density at radius 3 is 1.97 bits per heavy atom. The highest BCUT2D eigenvalue weighted by molar-refractivity contribution is 14.1. The summed E-state index contributed by atoms with van der Waals surface area (Å²) < 4.78 is 5.93. The summed E-state index contributed by atoms with van der Waals surface area (Å²) >= 11 is 5.69. The summed E-state index contributed by atoms with van der Waals surface area (Å²) in [6, 6.07) is -0.576. The Hall–Kier alpha value is -0.460. The summed E-state index contributed by atoms with van der Waals surface area (Å²) in [7, 11) is 4.42. The van der Waals surface area contributed by atoms with Crippen LogP contribution in [0, 0.1) is 10.7 Å². The van der Waals surface area contributed by atoms with Crippen LogP contribution in [0.1, 0.15) is 20.7 Å². The molecule has 7 N–H and O–H groups in total. The minimum Gasteiger partial charge on any atom is -0.395 e. The number of nitrogens with zero attached hydrogens (tertiary/aromatic N) is 2. The first kappa shape index (κ1) is 35.6. The number of carbonyl (C=O) groups is 3. The molecule has 0 bridgehead atoms. The third-order valence-electron chi connectivity index (χ3n) is 5.38. The summed E-state index contributed by atoms with van der Waals surface area (Å²) in [4.78, 5) is 41.9. The first-order valence-corrected chi connectivity index (χ1v) is 14.5. The number of benzene rings is 1. The highest BCUT2D eigenvalue weighted by Gasteiger charge is 2.31. The Kier molecular flexibility index (Phi) is 16.3. The van der Waals surface area contributed by atoms with Gasteiger partial charge in [-0.2, -0.15) is 0 Å². The Bertz CT molecular complexity index is 986. The van der Waals surface area contributed by atoms with Crippen LogP contribution in [-0.2, 0) is 9.53 Å². The number of hydrogen-bond donors (Lipinski definition) is 7. The second-order valence-corrected chi connectivity index (χ2v) is 11.6. The normalized spacial score (nSPS) is 13.7. The van der Waals surface area contributed by atoms with Crippen LogP contribution in [0.3, 0.4) is 0 Å². The van der Waals surface area contributed by atoms with Gasteiger partial charge in [0.05, 0.1) is 56.0 Å². The van der Waals surface area contributed by atoms with E-state index in [1.165, 1.54) is 19.1 Å². The largest absolute Gasteiger partial charge is 0.395 e. The third kappa shape index (κ3) is 9.87. The molecule has 0 radical (unpaired) electrons. The number of ether oxygens (including phenoxy) is 1. The van der Waals surface area contributed by atoms with Crippen LogP contribution in [-0.4, -0.2) is 139 Å². The molecule has 0 fully saturated rings. The number of rotatable bonds is 15. The number of hydrogen-bond acceptors (Lipinski definition) is 10. The van der Waals surface area contributed by atoms with E-state index < -0.39 is 49.2 Å². The second kappa shape index (κ2) is 17.4. The topological polar surface area (TPSA) is 192 Å². The molecule has 0 aliphatic rings. The maximum absolute atomic E-state index is 13.4. The van der Waals surface area contributed by atoms with Gasteiger partial charge >= 0.3 is 0 Å². The molecule has 3 unspecified atom stereocenters. The van der Waals surface area contributed by atoms with Gasteiger partial charge in [-0.05, 0) is 74.8 Å². The van der Waals surface area contributed by atoms with Crippen molar-refractivity contribution in [2.24, 2.45) is 0 Å². The van der Waals surface area contributed by atoms with E-state index in [4.69, 9.17) is 14.9 Å². The Morgan fingerprint density at radius 1 is 0.895 bits per heavy atom. The fourth-order valence-corrected chi connectivity index (χ4v) is 7.70. The molecule has 1 aromatic carbocycles. The lowest BCUT2D eigenvalue weighted by molar-refractivity contribution is -0.119. The van der Waals surface area contributed by atoms with Gasteiger partial charge in [0.25, 0.3) is 11.8 Å². The highest BCUT2D eigenvalue weighted by Crippen LogP contribution is 2.36. The van der Waals surface area contributed by atoms with Crippen molar-refractivity contribution in [3.63, 3.8) is 0 Å². The molecular formula is C22H33I3N4O9. The fourth-order valence-electron chi connectivity index (χ4n) is 3.31. The molecule has 0 saturated heterocycles. The van der Waals surface area contributed by atoms with E-state index >= 15 is 0 Å². The zero-order valence-corrected chi connectivity index (χ0v) is 27.6. The molecule has 0 saturated carbocycles. The van der Waals surface area contributed by atoms with Crippen molar-refractivity contribution < 1.29 is 44.7 Å². The molecule has 0 heterocycles. The van der Waals surface area contributed by atoms with Crippen LogP contribution in [0.15, 0.2) is 0 Å². The van der Waals surface area contributed by atoms with Gasteiger partial charge in [-0.1, -0.05) is 0 Å². The first-order chi connectivity index (χ1) is 17.8. The number of aliphatic hydroxyl groups is 5. The van der Waals surface area contributed by atoms with Crippen molar-refractivity contribution in [3.05, 3.63) is 21.8 Å². The third-order valence-corrected chi connectivity index (χ3v) is 8.62. The monoisotopic (exact) mass is 878 g/mol. The number of aliphatic hydroxyl groups excluding tert-OH is 5. The Labute approximate surface area is 261 Å². The maximum atomic E-state index is 13.4.